The van der Waals surface area contributed by atoms with Gasteiger partial charge in [-0.3, -0.25) is 4.98 Å². The molecule has 0 atom stereocenters. The molecule has 2 aromatic heterocycles. The van der Waals surface area contributed by atoms with E-state index in [1.54, 1.807) is 0 Å². The van der Waals surface area contributed by atoms with Crippen molar-refractivity contribution in [3.63, 3.8) is 0 Å². The summed E-state index contributed by atoms with van der Waals surface area (Å²) in [7, 11) is 0. The van der Waals surface area contributed by atoms with Crippen molar-refractivity contribution < 1.29 is 0 Å². The Morgan fingerprint density at radius 1 is 0.434 bits per heavy atom. The van der Waals surface area contributed by atoms with E-state index in [2.05, 4.69) is 155 Å². The van der Waals surface area contributed by atoms with Gasteiger partial charge in [0.25, 0.3) is 0 Å². The van der Waals surface area contributed by atoms with E-state index in [9.17, 15) is 5.26 Å². The molecule has 0 saturated heterocycles. The third-order valence-electron chi connectivity index (χ3n) is 11.1. The largest absolute Gasteiger partial charge is 0.309 e. The van der Waals surface area contributed by atoms with E-state index < -0.39 is 0 Å². The fourth-order valence-corrected chi connectivity index (χ4v) is 8.71. The molecule has 11 rings (SSSR count). The molecule has 3 heteroatoms. The smallest absolute Gasteiger partial charge is 0.0991 e. The summed E-state index contributed by atoms with van der Waals surface area (Å²) in [6.07, 6.45) is 3.78. The highest BCUT2D eigenvalue weighted by Crippen LogP contribution is 2.45. The number of para-hydroxylation sites is 1. The number of hydrogen-bond acceptors (Lipinski definition) is 2. The van der Waals surface area contributed by atoms with Gasteiger partial charge in [-0.1, -0.05) is 115 Å². The van der Waals surface area contributed by atoms with Crippen molar-refractivity contribution in [1.29, 1.82) is 5.26 Å². The molecule has 0 saturated carbocycles. The molecule has 244 valence electrons. The third-order valence-corrected chi connectivity index (χ3v) is 11.1. The van der Waals surface area contributed by atoms with Crippen LogP contribution in [0, 0.1) is 11.3 Å². The van der Waals surface area contributed by atoms with E-state index in [-0.39, 0.29) is 0 Å². The van der Waals surface area contributed by atoms with E-state index in [0.29, 0.717) is 5.56 Å². The maximum atomic E-state index is 9.81. The first-order valence-corrected chi connectivity index (χ1v) is 17.9. The van der Waals surface area contributed by atoms with E-state index in [4.69, 9.17) is 0 Å². The number of hydrogen-bond donors (Lipinski definition) is 0. The van der Waals surface area contributed by atoms with E-state index in [1.165, 1.54) is 65.3 Å². The minimum absolute atomic E-state index is 0.659. The first-order valence-electron chi connectivity index (χ1n) is 17.9. The summed E-state index contributed by atoms with van der Waals surface area (Å²) in [5.74, 6) is 0. The monoisotopic (exact) mass is 671 g/mol. The Morgan fingerprint density at radius 2 is 1.02 bits per heavy atom. The van der Waals surface area contributed by atoms with Crippen molar-refractivity contribution in [3.8, 4) is 45.1 Å². The molecular weight excluding hydrogens is 643 g/mol. The molecule has 0 spiro atoms. The highest BCUT2D eigenvalue weighted by atomic mass is 15.0. The second-order valence-electron chi connectivity index (χ2n) is 13.8. The lowest BCUT2D eigenvalue weighted by molar-refractivity contribution is 1.18. The van der Waals surface area contributed by atoms with Gasteiger partial charge in [0.2, 0.25) is 0 Å². The standard InChI is InChI=1S/C50H29N3/c51-29-31-12-24-47-45(27-31)46-28-34(17-25-48(46)53(47)36-8-2-1-3-9-36)37-22-23-41(40-11-5-4-10-39(37)40)42-19-14-33-15-20-43-38(35-7-6-26-52-30-35)18-13-32-16-21-44(42)50(33)49(32)43/h1-28,30H. The predicted octanol–water partition coefficient (Wildman–Crippen LogP) is 13.1. The van der Waals surface area contributed by atoms with Crippen LogP contribution in [0.1, 0.15) is 5.56 Å². The fraction of sp³-hybridized carbons (Fsp3) is 0. The number of benzene rings is 9. The Balaban J connectivity index is 1.12. The van der Waals surface area contributed by atoms with Gasteiger partial charge in [-0.25, -0.2) is 0 Å². The lowest BCUT2D eigenvalue weighted by atomic mass is 9.85. The Morgan fingerprint density at radius 3 is 1.75 bits per heavy atom. The zero-order chi connectivity index (χ0) is 35.0. The number of nitriles is 1. The molecule has 0 amide bonds. The predicted molar refractivity (Wildman–Crippen MR) is 221 cm³/mol. The van der Waals surface area contributed by atoms with Crippen LogP contribution < -0.4 is 0 Å². The van der Waals surface area contributed by atoms with Crippen molar-refractivity contribution in [2.45, 2.75) is 0 Å². The maximum Gasteiger partial charge on any atom is 0.0991 e. The lowest BCUT2D eigenvalue weighted by Crippen LogP contribution is -1.93. The van der Waals surface area contributed by atoms with Crippen molar-refractivity contribution in [3.05, 3.63) is 182 Å². The van der Waals surface area contributed by atoms with Crippen LogP contribution in [-0.4, -0.2) is 9.55 Å². The van der Waals surface area contributed by atoms with Crippen molar-refractivity contribution in [1.82, 2.24) is 9.55 Å². The van der Waals surface area contributed by atoms with Gasteiger partial charge in [-0.2, -0.15) is 5.26 Å². The Kier molecular flexibility index (Phi) is 6.32. The number of nitrogens with zero attached hydrogens (tertiary/aromatic N) is 3. The van der Waals surface area contributed by atoms with Crippen molar-refractivity contribution in [2.75, 3.05) is 0 Å². The molecule has 0 aliphatic carbocycles. The zero-order valence-corrected chi connectivity index (χ0v) is 28.6. The number of fused-ring (bicyclic) bond motifs is 4. The van der Waals surface area contributed by atoms with Gasteiger partial charge in [-0.05, 0) is 119 Å². The molecular formula is C50H29N3. The molecule has 9 aromatic carbocycles. The van der Waals surface area contributed by atoms with Gasteiger partial charge in [-0.15, -0.1) is 0 Å². The Hall–Kier alpha value is -7.28. The van der Waals surface area contributed by atoms with Gasteiger partial charge >= 0.3 is 0 Å². The Bertz CT molecular complexity index is 3280. The first kappa shape index (κ1) is 29.5. The number of rotatable bonds is 4. The third kappa shape index (κ3) is 4.37. The van der Waals surface area contributed by atoms with Crippen LogP contribution in [0.15, 0.2) is 176 Å². The number of aromatic nitrogens is 2. The lowest BCUT2D eigenvalue weighted by Gasteiger charge is -2.18. The van der Waals surface area contributed by atoms with Crippen molar-refractivity contribution >= 4 is 64.9 Å². The van der Waals surface area contributed by atoms with Crippen LogP contribution in [0.4, 0.5) is 0 Å². The summed E-state index contributed by atoms with van der Waals surface area (Å²) in [4.78, 5) is 4.42. The molecule has 0 unspecified atom stereocenters. The molecule has 0 aliphatic heterocycles. The van der Waals surface area contributed by atoms with Gasteiger partial charge in [0, 0.05) is 34.4 Å². The van der Waals surface area contributed by atoms with Gasteiger partial charge in [0.1, 0.15) is 0 Å². The molecule has 3 nitrogen and oxygen atoms in total. The van der Waals surface area contributed by atoms with E-state index in [0.717, 1.165) is 38.6 Å². The van der Waals surface area contributed by atoms with E-state index in [1.807, 2.05) is 36.7 Å². The Labute approximate surface area is 305 Å². The second-order valence-corrected chi connectivity index (χ2v) is 13.8. The minimum atomic E-state index is 0.659. The molecule has 0 radical (unpaired) electrons. The summed E-state index contributed by atoms with van der Waals surface area (Å²) in [6, 6.07) is 61.2. The van der Waals surface area contributed by atoms with Gasteiger partial charge in [0.05, 0.1) is 22.7 Å². The van der Waals surface area contributed by atoms with Gasteiger partial charge < -0.3 is 4.57 Å². The topological polar surface area (TPSA) is 41.6 Å². The summed E-state index contributed by atoms with van der Waals surface area (Å²) in [6.45, 7) is 0. The van der Waals surface area contributed by atoms with Crippen LogP contribution in [0.5, 0.6) is 0 Å². The van der Waals surface area contributed by atoms with Crippen LogP contribution in [0.3, 0.4) is 0 Å². The van der Waals surface area contributed by atoms with Crippen molar-refractivity contribution in [2.24, 2.45) is 0 Å². The quantitative estimate of drug-likeness (QED) is 0.175. The maximum absolute atomic E-state index is 9.81. The summed E-state index contributed by atoms with van der Waals surface area (Å²) in [5.41, 5.74) is 11.1. The molecule has 2 heterocycles. The van der Waals surface area contributed by atoms with Gasteiger partial charge in [0.15, 0.2) is 0 Å². The fourth-order valence-electron chi connectivity index (χ4n) is 8.71. The summed E-state index contributed by atoms with van der Waals surface area (Å²) < 4.78 is 2.30. The molecule has 0 bridgehead atoms. The number of pyridine rings is 1. The average molecular weight is 672 g/mol. The molecule has 53 heavy (non-hydrogen) atoms. The molecule has 0 fully saturated rings. The van der Waals surface area contributed by atoms with Crippen LogP contribution in [0.25, 0.3) is 104 Å². The highest BCUT2D eigenvalue weighted by Gasteiger charge is 2.19. The first-order chi connectivity index (χ1) is 26.2. The highest BCUT2D eigenvalue weighted by molar-refractivity contribution is 6.28. The molecule has 11 aromatic rings. The molecule has 0 N–H and O–H groups in total. The second kappa shape index (κ2) is 11.4. The SMILES string of the molecule is N#Cc1ccc2c(c1)c1cc(-c3ccc(-c4ccc5ccc6c(-c7cccnc7)ccc7ccc4c5c76)c4ccccc34)ccc1n2-c1ccccc1. The molecule has 0 aliphatic rings. The average Bonchev–Trinajstić information content (AvgIpc) is 3.56. The van der Waals surface area contributed by atoms with E-state index >= 15 is 0 Å². The van der Waals surface area contributed by atoms with Crippen LogP contribution in [-0.2, 0) is 0 Å². The normalized spacial score (nSPS) is 11.8. The minimum Gasteiger partial charge on any atom is -0.309 e. The summed E-state index contributed by atoms with van der Waals surface area (Å²) >= 11 is 0. The summed E-state index contributed by atoms with van der Waals surface area (Å²) in [5, 5.41) is 22.0. The zero-order valence-electron chi connectivity index (χ0n) is 28.6. The van der Waals surface area contributed by atoms with Crippen LogP contribution in [0.2, 0.25) is 0 Å². The van der Waals surface area contributed by atoms with Crippen LogP contribution >= 0.6 is 0 Å².